The molecule has 4 N–H and O–H groups in total. The van der Waals surface area contributed by atoms with Gasteiger partial charge in [0.05, 0.1) is 167 Å². The molecule has 0 bridgehead atoms. The van der Waals surface area contributed by atoms with Crippen LogP contribution in [0.3, 0.4) is 0 Å². The van der Waals surface area contributed by atoms with Crippen LogP contribution in [0.5, 0.6) is 0 Å². The van der Waals surface area contributed by atoms with Crippen LogP contribution in [0.2, 0.25) is 36.3 Å². The predicted molar refractivity (Wildman–Crippen MR) is 489 cm³/mol. The summed E-state index contributed by atoms with van der Waals surface area (Å²) in [5, 5.41) is 41.3. The number of nitrogens with zero attached hydrogens (tertiary/aromatic N) is 2. The number of hydrogen-bond acceptors (Lipinski definition) is 36. The number of aldehydes is 1. The minimum absolute atomic E-state index is 0.0220. The Morgan fingerprint density at radius 2 is 0.984 bits per heavy atom. The number of aliphatic hydroxyl groups is 3. The fourth-order valence-corrected chi connectivity index (χ4v) is 11.5. The van der Waals surface area contributed by atoms with Crippen molar-refractivity contribution in [2.75, 3.05) is 250 Å². The molecule has 5 aliphatic heterocycles. The number of epoxide rings is 1. The number of hydrogen-bond donors (Lipinski definition) is 4. The SMILES string of the molecule is C=C[C@@H](O)CO[Si](C)(C)C(C)(C)C.C=C[C@H](CO)OCOC.C=C[C@H](COC/C=N\O)OCOC.C=C[C@H](COCC(=O)OCC)OCOC.C=C[C@H](COCC=O)OCOC.C=C[C@H](COCCO)OCOC.C=C[C@H](CO[Si](C)(C)C(C)(C)C)OCOC.CC[C@H]1CO1.COCO[C@H]1COCC2=NOC[C@@H]21.COCO[C@H]1COC[C@]2(c3ccccc3F)COC[C@H]12. The first-order chi connectivity index (χ1) is 61.2. The second-order valence-electron chi connectivity index (χ2n) is 30.7. The fraction of sp³-hybridized carbons (Fsp3) is 0.730. The Morgan fingerprint density at radius 3 is 1.38 bits per heavy atom. The molecule has 5 aliphatic rings. The summed E-state index contributed by atoms with van der Waals surface area (Å²) >= 11 is 0. The van der Waals surface area contributed by atoms with E-state index >= 15 is 0 Å². The van der Waals surface area contributed by atoms with Gasteiger partial charge in [-0.3, -0.25) is 0 Å². The number of fused-ring (bicyclic) bond motifs is 2. The number of esters is 1. The topological polar surface area (TPSA) is 402 Å². The molecule has 0 aromatic heterocycles. The van der Waals surface area contributed by atoms with Crippen LogP contribution in [-0.4, -0.2) is 372 Å². The molecule has 0 radical (unpaired) electrons. The average Bonchev–Trinajstić information content (AvgIpc) is 1.57. The number of carbonyl (C=O) groups excluding carboxylic acids is 2. The van der Waals surface area contributed by atoms with E-state index in [4.69, 9.17) is 133 Å². The van der Waals surface area contributed by atoms with Gasteiger partial charge in [-0.15, -0.1) is 46.1 Å². The first kappa shape index (κ1) is 129. The zero-order chi connectivity index (χ0) is 97.4. The van der Waals surface area contributed by atoms with Crippen LogP contribution in [-0.2, 0) is 147 Å². The Morgan fingerprint density at radius 1 is 0.562 bits per heavy atom. The van der Waals surface area contributed by atoms with E-state index in [2.05, 4.69) is 145 Å². The molecule has 0 amide bonds. The van der Waals surface area contributed by atoms with E-state index in [1.807, 2.05) is 12.1 Å². The minimum Gasteiger partial charge on any atom is -0.464 e. The van der Waals surface area contributed by atoms with Gasteiger partial charge in [0.15, 0.2) is 16.6 Å². The van der Waals surface area contributed by atoms with Crippen molar-refractivity contribution >= 4 is 40.8 Å². The first-order valence-electron chi connectivity index (χ1n) is 42.0. The van der Waals surface area contributed by atoms with Gasteiger partial charge in [0, 0.05) is 62.8 Å². The van der Waals surface area contributed by atoms with Crippen molar-refractivity contribution in [3.63, 3.8) is 0 Å². The maximum Gasteiger partial charge on any atom is 0.332 e. The lowest BCUT2D eigenvalue weighted by atomic mass is 9.69. The molecule has 0 saturated carbocycles. The molecular weight excluding hydrogens is 1720 g/mol. The summed E-state index contributed by atoms with van der Waals surface area (Å²) in [5.41, 5.74) is 1.16. The molecule has 128 heavy (non-hydrogen) atoms. The summed E-state index contributed by atoms with van der Waals surface area (Å²) in [6.07, 6.45) is 13.1. The largest absolute Gasteiger partial charge is 0.464 e. The van der Waals surface area contributed by atoms with Crippen LogP contribution in [0.15, 0.2) is 123 Å². The van der Waals surface area contributed by atoms with Crippen molar-refractivity contribution in [1.29, 1.82) is 0 Å². The molecule has 0 unspecified atom stereocenters. The summed E-state index contributed by atoms with van der Waals surface area (Å²) in [6, 6.07) is 6.85. The molecule has 1 aromatic carbocycles. The second-order valence-corrected chi connectivity index (χ2v) is 40.3. The van der Waals surface area contributed by atoms with Gasteiger partial charge < -0.3 is 157 Å². The van der Waals surface area contributed by atoms with Gasteiger partial charge in [-0.2, -0.15) is 0 Å². The van der Waals surface area contributed by atoms with Gasteiger partial charge in [-0.05, 0) is 61.2 Å². The van der Waals surface area contributed by atoms with E-state index in [9.17, 15) is 19.1 Å². The summed E-state index contributed by atoms with van der Waals surface area (Å²) in [6.45, 7) is 60.5. The van der Waals surface area contributed by atoms with Crippen LogP contribution in [0.25, 0.3) is 0 Å². The molecule has 0 aliphatic carbocycles. The van der Waals surface area contributed by atoms with Crippen molar-refractivity contribution in [2.45, 2.75) is 165 Å². The number of carbonyl (C=O) groups is 2. The standard InChI is InChI=1S/C15H19FO4.C12H26O3Si.C10H18O5.C10H22O2Si.C8H13NO4.C8H15NO4.C8H16O4.C8H14O4.C6H12O3.C4H8O/c1-17-10-20-14-7-19-9-15(8-18-6-12(14)15)11-4-2-3-5-13(11)16;1-8-11(14-10-13-5)9-15-16(6,7)12(2,3)4;1-4-9(15-8-12-3)6-13-7-10(11)14-5-2;1-7-9(11)8-12-13(5,6)10(2,3)4;1-10-5-12-8-4-11-3-7-6(8)2-13-9-7;1-3-8(13-7-11-2)6-12-5-4-9-10;2*1-3-8(12-7-10-2)6-11-5-4-9;1-3-6(4-7)9-5-8-2;1-2-4-3-5-4/h2-5,12,14H,6-10H2,1H3;8,11H,1,9-10H2,2-7H3;4,9H,1,5-8H2,2-3H3;7,9,11H,1,8H2,2-6H3;6,8H,2-5H2,1H3;3-4,8,10H,1,5-7H2,2H3;3,8-9H,1,4-7H2,2H3;3-4,8H,1,5-7H2,2H3;3,6-7H,1,4-5H2,2H3;4H,2-3H2,1H3/b;;;;;9-4-;;;;/t12-,14+,15+;11-;2*9-;6-,8-;3*8-;6-;4-/m1111011110/s1. The van der Waals surface area contributed by atoms with Crippen LogP contribution >= 0.6 is 0 Å². The van der Waals surface area contributed by atoms with E-state index in [-0.39, 0.29) is 177 Å². The zero-order valence-corrected chi connectivity index (χ0v) is 82.4. The number of ether oxygens (including phenoxy) is 25. The maximum atomic E-state index is 14.2. The quantitative estimate of drug-likeness (QED) is 0.00450. The summed E-state index contributed by atoms with van der Waals surface area (Å²) in [4.78, 5) is 25.7. The van der Waals surface area contributed by atoms with Crippen molar-refractivity contribution < 1.29 is 167 Å². The number of benzene rings is 1. The smallest absolute Gasteiger partial charge is 0.332 e. The lowest BCUT2D eigenvalue weighted by molar-refractivity contribution is -0.153. The number of rotatable bonds is 57. The average molecular weight is 1880 g/mol. The lowest BCUT2D eigenvalue weighted by Gasteiger charge is -2.42. The third-order valence-electron chi connectivity index (χ3n) is 19.0. The normalized spacial score (nSPS) is 19.3. The third kappa shape index (κ3) is 64.5. The summed E-state index contributed by atoms with van der Waals surface area (Å²) in [5.74, 6) is -0.252. The zero-order valence-electron chi connectivity index (χ0n) is 80.4. The van der Waals surface area contributed by atoms with Crippen molar-refractivity contribution in [1.82, 2.24) is 0 Å². The Hall–Kier alpha value is -5.32. The number of methoxy groups -OCH3 is 8. The van der Waals surface area contributed by atoms with E-state index in [0.717, 1.165) is 12.3 Å². The van der Waals surface area contributed by atoms with E-state index in [1.165, 1.54) is 52.2 Å². The molecule has 4 saturated heterocycles. The minimum atomic E-state index is -1.69. The Kier molecular flexibility index (Phi) is 84.1. The van der Waals surface area contributed by atoms with Crippen LogP contribution in [0.1, 0.15) is 67.4 Å². The van der Waals surface area contributed by atoms with Gasteiger partial charge >= 0.3 is 5.97 Å². The Labute approximate surface area is 764 Å². The highest BCUT2D eigenvalue weighted by Gasteiger charge is 2.53. The molecule has 13 atom stereocenters. The number of aliphatic hydroxyl groups excluding tert-OH is 3. The van der Waals surface area contributed by atoms with Crippen molar-refractivity contribution in [2.24, 2.45) is 22.1 Å². The van der Waals surface area contributed by atoms with E-state index < -0.39 is 28.2 Å². The Balaban J connectivity index is -0.000000675. The molecule has 6 rings (SSSR count). The van der Waals surface area contributed by atoms with Gasteiger partial charge in [0.1, 0.15) is 123 Å². The van der Waals surface area contributed by atoms with Crippen LogP contribution in [0, 0.1) is 17.7 Å². The van der Waals surface area contributed by atoms with Gasteiger partial charge in [0.25, 0.3) is 0 Å². The van der Waals surface area contributed by atoms with Gasteiger partial charge in [-0.1, -0.05) is 120 Å². The highest BCUT2D eigenvalue weighted by Crippen LogP contribution is 2.45. The van der Waals surface area contributed by atoms with E-state index in [0.29, 0.717) is 110 Å². The molecular formula is C89H163FN2O34Si2. The summed E-state index contributed by atoms with van der Waals surface area (Å²) < 4.78 is 152. The molecule has 748 valence electrons. The maximum absolute atomic E-state index is 14.2. The number of oxime groups is 2. The second kappa shape index (κ2) is 83.5. The van der Waals surface area contributed by atoms with Crippen LogP contribution < -0.4 is 0 Å². The molecule has 0 spiro atoms. The molecule has 39 heteroatoms. The Bertz CT molecular complexity index is 2920. The summed E-state index contributed by atoms with van der Waals surface area (Å²) in [7, 11) is 9.08. The van der Waals surface area contributed by atoms with Gasteiger partial charge in [-0.25, -0.2) is 9.18 Å². The highest BCUT2D eigenvalue weighted by molar-refractivity contribution is 6.74. The predicted octanol–water partition coefficient (Wildman–Crippen LogP) is 10.4. The molecule has 5 heterocycles. The first-order valence-corrected chi connectivity index (χ1v) is 47.8. The van der Waals surface area contributed by atoms with Crippen molar-refractivity contribution in [3.8, 4) is 0 Å². The third-order valence-corrected chi connectivity index (χ3v) is 28.0. The van der Waals surface area contributed by atoms with Gasteiger partial charge in [0.2, 0.25) is 0 Å². The molecule has 1 aromatic rings. The lowest BCUT2D eigenvalue weighted by Crippen LogP contribution is -2.52. The monoisotopic (exact) mass is 1880 g/mol. The number of halogens is 1. The molecule has 36 nitrogen and oxygen atoms in total. The highest BCUT2D eigenvalue weighted by atomic mass is 28.4. The van der Waals surface area contributed by atoms with Crippen molar-refractivity contribution in [3.05, 3.63) is 124 Å². The van der Waals surface area contributed by atoms with Crippen LogP contribution in [0.4, 0.5) is 4.39 Å². The van der Waals surface area contributed by atoms with E-state index in [1.54, 1.807) is 78.9 Å². The molecule has 4 fully saturated rings. The fourth-order valence-electron chi connectivity index (χ4n) is 9.46.